The van der Waals surface area contributed by atoms with Crippen molar-refractivity contribution in [1.82, 2.24) is 5.01 Å². The van der Waals surface area contributed by atoms with Crippen LogP contribution in [0.25, 0.3) is 0 Å². The van der Waals surface area contributed by atoms with Crippen LogP contribution in [0.3, 0.4) is 0 Å². The Labute approximate surface area is 122 Å². The lowest BCUT2D eigenvalue weighted by atomic mass is 10.0. The van der Waals surface area contributed by atoms with Crippen molar-refractivity contribution in [3.05, 3.63) is 54.0 Å². The van der Waals surface area contributed by atoms with Crippen LogP contribution < -0.4 is 0 Å². The van der Waals surface area contributed by atoms with Crippen molar-refractivity contribution < 1.29 is 14.3 Å². The van der Waals surface area contributed by atoms with Gasteiger partial charge in [-0.1, -0.05) is 19.1 Å². The van der Waals surface area contributed by atoms with Crippen molar-refractivity contribution in [2.24, 2.45) is 5.10 Å². The maximum Gasteiger partial charge on any atom is 0.242 e. The number of nitrogens with zero attached hydrogens (tertiary/aromatic N) is 2. The lowest BCUT2D eigenvalue weighted by Crippen LogP contribution is -2.26. The molecule has 21 heavy (non-hydrogen) atoms. The minimum Gasteiger partial charge on any atom is -0.508 e. The van der Waals surface area contributed by atoms with Gasteiger partial charge in [0.15, 0.2) is 0 Å². The van der Waals surface area contributed by atoms with Crippen LogP contribution >= 0.6 is 0 Å². The summed E-state index contributed by atoms with van der Waals surface area (Å²) < 4.78 is 5.37. The summed E-state index contributed by atoms with van der Waals surface area (Å²) in [6, 6.07) is 10.4. The molecule has 5 nitrogen and oxygen atoms in total. The largest absolute Gasteiger partial charge is 0.508 e. The molecule has 1 aliphatic rings. The SMILES string of the molecule is CCC(=O)N1N=C(c2ccco2)CC1c1cccc(O)c1. The van der Waals surface area contributed by atoms with Gasteiger partial charge >= 0.3 is 0 Å². The predicted octanol–water partition coefficient (Wildman–Crippen LogP) is 3.07. The molecule has 2 aromatic rings. The van der Waals surface area contributed by atoms with Crippen LogP contribution in [0.2, 0.25) is 0 Å². The van der Waals surface area contributed by atoms with E-state index in [-0.39, 0.29) is 17.7 Å². The predicted molar refractivity (Wildman–Crippen MR) is 77.8 cm³/mol. The van der Waals surface area contributed by atoms with Crippen molar-refractivity contribution in [2.45, 2.75) is 25.8 Å². The lowest BCUT2D eigenvalue weighted by Gasteiger charge is -2.21. The van der Waals surface area contributed by atoms with Crippen LogP contribution in [0.15, 0.2) is 52.2 Å². The maximum absolute atomic E-state index is 12.1. The number of hydrogen-bond acceptors (Lipinski definition) is 4. The van der Waals surface area contributed by atoms with Gasteiger partial charge in [0.25, 0.3) is 0 Å². The molecule has 0 bridgehead atoms. The number of furan rings is 1. The summed E-state index contributed by atoms with van der Waals surface area (Å²) >= 11 is 0. The Kier molecular flexibility index (Phi) is 3.48. The molecule has 1 aliphatic heterocycles. The Bertz CT molecular complexity index is 677. The molecule has 108 valence electrons. The minimum atomic E-state index is -0.204. The van der Waals surface area contributed by atoms with E-state index < -0.39 is 0 Å². The summed E-state index contributed by atoms with van der Waals surface area (Å²) in [6.45, 7) is 1.81. The molecule has 1 aromatic heterocycles. The number of benzene rings is 1. The van der Waals surface area contributed by atoms with Gasteiger partial charge in [0.05, 0.1) is 12.3 Å². The first kappa shape index (κ1) is 13.4. The van der Waals surface area contributed by atoms with E-state index in [0.717, 1.165) is 11.3 Å². The van der Waals surface area contributed by atoms with Crippen molar-refractivity contribution in [3.8, 4) is 5.75 Å². The number of aromatic hydroxyl groups is 1. The van der Waals surface area contributed by atoms with E-state index in [1.54, 1.807) is 30.5 Å². The summed E-state index contributed by atoms with van der Waals surface area (Å²) in [6.07, 6.45) is 2.54. The second-order valence-corrected chi connectivity index (χ2v) is 4.93. The van der Waals surface area contributed by atoms with Crippen molar-refractivity contribution in [3.63, 3.8) is 0 Å². The molecule has 0 saturated carbocycles. The smallest absolute Gasteiger partial charge is 0.242 e. The molecular weight excluding hydrogens is 268 g/mol. The van der Waals surface area contributed by atoms with Gasteiger partial charge in [-0.3, -0.25) is 4.79 Å². The standard InChI is InChI=1S/C16H16N2O3/c1-2-16(20)18-14(11-5-3-6-12(19)9-11)10-13(17-18)15-7-4-8-21-15/h3-9,14,19H,2,10H2,1H3. The Morgan fingerprint density at radius 3 is 2.95 bits per heavy atom. The first-order valence-electron chi connectivity index (χ1n) is 6.91. The third-order valence-electron chi connectivity index (χ3n) is 3.53. The topological polar surface area (TPSA) is 66.0 Å². The maximum atomic E-state index is 12.1. The highest BCUT2D eigenvalue weighted by atomic mass is 16.3. The number of amides is 1. The second-order valence-electron chi connectivity index (χ2n) is 4.93. The first-order valence-corrected chi connectivity index (χ1v) is 6.91. The molecule has 0 radical (unpaired) electrons. The monoisotopic (exact) mass is 284 g/mol. The van der Waals surface area contributed by atoms with Crippen molar-refractivity contribution in [2.75, 3.05) is 0 Å². The molecule has 1 amide bonds. The van der Waals surface area contributed by atoms with E-state index in [1.807, 2.05) is 19.1 Å². The third kappa shape index (κ3) is 2.54. The molecule has 0 spiro atoms. The number of rotatable bonds is 3. The Hall–Kier alpha value is -2.56. The van der Waals surface area contributed by atoms with Crippen LogP contribution in [0.1, 0.15) is 37.1 Å². The summed E-state index contributed by atoms with van der Waals surface area (Å²) in [5, 5.41) is 15.6. The van der Waals surface area contributed by atoms with Crippen LogP contribution in [-0.2, 0) is 4.79 Å². The average Bonchev–Trinajstić information content (AvgIpc) is 3.15. The van der Waals surface area contributed by atoms with Gasteiger partial charge in [-0.25, -0.2) is 5.01 Å². The van der Waals surface area contributed by atoms with Gasteiger partial charge in [0.2, 0.25) is 5.91 Å². The highest BCUT2D eigenvalue weighted by molar-refractivity contribution is 6.01. The minimum absolute atomic E-state index is 0.0510. The highest BCUT2D eigenvalue weighted by Gasteiger charge is 2.33. The molecule has 2 heterocycles. The fourth-order valence-electron chi connectivity index (χ4n) is 2.49. The molecule has 5 heteroatoms. The Morgan fingerprint density at radius 1 is 1.43 bits per heavy atom. The van der Waals surface area contributed by atoms with Gasteiger partial charge in [0, 0.05) is 12.8 Å². The van der Waals surface area contributed by atoms with E-state index in [1.165, 1.54) is 5.01 Å². The molecule has 0 aliphatic carbocycles. The number of carbonyl (C=O) groups excluding carboxylic acids is 1. The second kappa shape index (κ2) is 5.44. The summed E-state index contributed by atoms with van der Waals surface area (Å²) in [4.78, 5) is 12.1. The molecular formula is C16H16N2O3. The lowest BCUT2D eigenvalue weighted by molar-refractivity contribution is -0.132. The quantitative estimate of drug-likeness (QED) is 0.942. The normalized spacial score (nSPS) is 17.9. The van der Waals surface area contributed by atoms with E-state index in [4.69, 9.17) is 4.42 Å². The Morgan fingerprint density at radius 2 is 2.29 bits per heavy atom. The van der Waals surface area contributed by atoms with E-state index in [2.05, 4.69) is 5.10 Å². The van der Waals surface area contributed by atoms with Gasteiger partial charge in [-0.15, -0.1) is 0 Å². The highest BCUT2D eigenvalue weighted by Crippen LogP contribution is 2.34. The van der Waals surface area contributed by atoms with Crippen LogP contribution in [-0.4, -0.2) is 21.7 Å². The number of hydrazone groups is 1. The van der Waals surface area contributed by atoms with Gasteiger partial charge in [-0.2, -0.15) is 5.10 Å². The van der Waals surface area contributed by atoms with E-state index in [9.17, 15) is 9.90 Å². The van der Waals surface area contributed by atoms with Crippen LogP contribution in [0.4, 0.5) is 0 Å². The summed E-state index contributed by atoms with van der Waals surface area (Å²) in [7, 11) is 0. The molecule has 0 saturated heterocycles. The van der Waals surface area contributed by atoms with Gasteiger partial charge in [0.1, 0.15) is 17.2 Å². The van der Waals surface area contributed by atoms with Crippen molar-refractivity contribution >= 4 is 11.6 Å². The first-order chi connectivity index (χ1) is 10.2. The fraction of sp³-hybridized carbons (Fsp3) is 0.250. The number of phenolic OH excluding ortho intramolecular Hbond substituents is 1. The van der Waals surface area contributed by atoms with Gasteiger partial charge in [-0.05, 0) is 29.8 Å². The zero-order valence-corrected chi connectivity index (χ0v) is 11.7. The fourth-order valence-corrected chi connectivity index (χ4v) is 2.49. The zero-order valence-electron chi connectivity index (χ0n) is 11.7. The summed E-state index contributed by atoms with van der Waals surface area (Å²) in [5.41, 5.74) is 1.61. The molecule has 3 rings (SSSR count). The number of hydrogen-bond donors (Lipinski definition) is 1. The zero-order chi connectivity index (χ0) is 14.8. The molecule has 1 unspecified atom stereocenters. The molecule has 1 aromatic carbocycles. The number of carbonyl (C=O) groups is 1. The van der Waals surface area contributed by atoms with Crippen LogP contribution in [0, 0.1) is 0 Å². The van der Waals surface area contributed by atoms with E-state index >= 15 is 0 Å². The molecule has 1 N–H and O–H groups in total. The van der Waals surface area contributed by atoms with Crippen molar-refractivity contribution in [1.29, 1.82) is 0 Å². The molecule has 1 atom stereocenters. The Balaban J connectivity index is 1.95. The number of phenols is 1. The summed E-state index contributed by atoms with van der Waals surface area (Å²) in [5.74, 6) is 0.805. The van der Waals surface area contributed by atoms with Crippen LogP contribution in [0.5, 0.6) is 5.75 Å². The molecule has 0 fully saturated rings. The van der Waals surface area contributed by atoms with E-state index in [0.29, 0.717) is 18.6 Å². The third-order valence-corrected chi connectivity index (χ3v) is 3.53. The average molecular weight is 284 g/mol. The van der Waals surface area contributed by atoms with Gasteiger partial charge < -0.3 is 9.52 Å².